The van der Waals surface area contributed by atoms with Gasteiger partial charge in [-0.3, -0.25) is 0 Å². The van der Waals surface area contributed by atoms with Crippen LogP contribution < -0.4 is 4.74 Å². The minimum absolute atomic E-state index is 0.0948. The van der Waals surface area contributed by atoms with Gasteiger partial charge in [0.1, 0.15) is 11.5 Å². The second-order valence-electron chi connectivity index (χ2n) is 5.35. The maximum atomic E-state index is 6.25. The van der Waals surface area contributed by atoms with Crippen LogP contribution in [0.25, 0.3) is 0 Å². The Bertz CT molecular complexity index is 587. The normalized spacial score (nSPS) is 26.9. The number of hydrogen-bond acceptors (Lipinski definition) is 2. The molecule has 0 spiro atoms. The van der Waals surface area contributed by atoms with E-state index in [1.807, 2.05) is 18.2 Å². The topological polar surface area (TPSA) is 18.5 Å². The van der Waals surface area contributed by atoms with Crippen LogP contribution in [0.4, 0.5) is 0 Å². The summed E-state index contributed by atoms with van der Waals surface area (Å²) in [7, 11) is 0. The van der Waals surface area contributed by atoms with Crippen molar-refractivity contribution >= 4 is 15.9 Å². The van der Waals surface area contributed by atoms with Crippen LogP contribution in [0.2, 0.25) is 0 Å². The number of halogens is 1. The third-order valence-corrected chi connectivity index (χ3v) is 4.88. The number of alkyl halides is 1. The average Bonchev–Trinajstić information content (AvgIpc) is 2.87. The van der Waals surface area contributed by atoms with Gasteiger partial charge in [-0.2, -0.15) is 0 Å². The van der Waals surface area contributed by atoms with E-state index in [1.54, 1.807) is 0 Å². The highest BCUT2D eigenvalue weighted by molar-refractivity contribution is 9.09. The van der Waals surface area contributed by atoms with Crippen LogP contribution in [-0.4, -0.2) is 11.4 Å². The molecular weight excluding hydrogens is 316 g/mol. The lowest BCUT2D eigenvalue weighted by molar-refractivity contribution is 0.0541. The molecule has 2 aliphatic heterocycles. The van der Waals surface area contributed by atoms with Crippen molar-refractivity contribution in [3.63, 3.8) is 0 Å². The van der Waals surface area contributed by atoms with Gasteiger partial charge in [-0.25, -0.2) is 0 Å². The van der Waals surface area contributed by atoms with E-state index in [2.05, 4.69) is 46.3 Å². The third-order valence-electron chi connectivity index (χ3n) is 4.16. The predicted octanol–water partition coefficient (Wildman–Crippen LogP) is 4.80. The summed E-state index contributed by atoms with van der Waals surface area (Å²) in [5, 5.41) is 0.880. The van der Waals surface area contributed by atoms with Crippen LogP contribution in [0.15, 0.2) is 48.5 Å². The SMILES string of the molecule is BrC[C@H]1C[C@@H]2c3ccccc3Oc3ccccc3[C@H]2O1. The largest absolute Gasteiger partial charge is 0.457 e. The van der Waals surface area contributed by atoms with E-state index < -0.39 is 0 Å². The zero-order valence-corrected chi connectivity index (χ0v) is 12.5. The van der Waals surface area contributed by atoms with Gasteiger partial charge >= 0.3 is 0 Å². The molecule has 3 heteroatoms. The van der Waals surface area contributed by atoms with Gasteiger partial charge in [0.25, 0.3) is 0 Å². The number of ether oxygens (including phenoxy) is 2. The number of hydrogen-bond donors (Lipinski definition) is 0. The maximum Gasteiger partial charge on any atom is 0.133 e. The van der Waals surface area contributed by atoms with Crippen molar-refractivity contribution in [2.75, 3.05) is 5.33 Å². The Kier molecular flexibility index (Phi) is 3.04. The van der Waals surface area contributed by atoms with E-state index in [1.165, 1.54) is 5.56 Å². The zero-order valence-electron chi connectivity index (χ0n) is 11.0. The summed E-state index contributed by atoms with van der Waals surface area (Å²) >= 11 is 3.55. The molecular formula is C17H15BrO2. The first-order chi connectivity index (χ1) is 9.86. The lowest BCUT2D eigenvalue weighted by Gasteiger charge is -2.17. The smallest absolute Gasteiger partial charge is 0.133 e. The summed E-state index contributed by atoms with van der Waals surface area (Å²) < 4.78 is 12.4. The molecule has 2 aromatic carbocycles. The highest BCUT2D eigenvalue weighted by atomic mass is 79.9. The molecule has 0 amide bonds. The van der Waals surface area contributed by atoms with Crippen LogP contribution in [0.1, 0.15) is 29.6 Å². The fraction of sp³-hybridized carbons (Fsp3) is 0.294. The molecule has 0 N–H and O–H groups in total. The minimum Gasteiger partial charge on any atom is -0.457 e. The molecule has 0 radical (unpaired) electrons. The Balaban J connectivity index is 1.89. The molecule has 2 nitrogen and oxygen atoms in total. The second kappa shape index (κ2) is 4.90. The van der Waals surface area contributed by atoms with Crippen molar-refractivity contribution in [2.24, 2.45) is 0 Å². The van der Waals surface area contributed by atoms with Gasteiger partial charge in [0.15, 0.2) is 0 Å². The summed E-state index contributed by atoms with van der Waals surface area (Å²) in [5.74, 6) is 2.26. The second-order valence-corrected chi connectivity index (χ2v) is 6.00. The Hall–Kier alpha value is -1.32. The van der Waals surface area contributed by atoms with Crippen molar-refractivity contribution in [2.45, 2.75) is 24.5 Å². The highest BCUT2D eigenvalue weighted by Crippen LogP contribution is 2.52. The first kappa shape index (κ1) is 12.4. The number of para-hydroxylation sites is 2. The molecule has 2 heterocycles. The van der Waals surface area contributed by atoms with Crippen LogP contribution in [0.3, 0.4) is 0 Å². The zero-order chi connectivity index (χ0) is 13.5. The fourth-order valence-corrected chi connectivity index (χ4v) is 3.67. The van der Waals surface area contributed by atoms with Gasteiger partial charge in [0.05, 0.1) is 12.2 Å². The fourth-order valence-electron chi connectivity index (χ4n) is 3.25. The lowest BCUT2D eigenvalue weighted by atomic mass is 9.88. The lowest BCUT2D eigenvalue weighted by Crippen LogP contribution is -2.07. The molecule has 2 aromatic rings. The van der Waals surface area contributed by atoms with Crippen LogP contribution in [-0.2, 0) is 4.74 Å². The van der Waals surface area contributed by atoms with Crippen molar-refractivity contribution in [3.05, 3.63) is 59.7 Å². The Labute approximate surface area is 126 Å². The predicted molar refractivity (Wildman–Crippen MR) is 81.7 cm³/mol. The molecule has 2 aliphatic rings. The summed E-state index contributed by atoms with van der Waals surface area (Å²) in [4.78, 5) is 0. The van der Waals surface area contributed by atoms with E-state index in [4.69, 9.17) is 9.47 Å². The summed E-state index contributed by atoms with van der Waals surface area (Å²) in [6.45, 7) is 0. The molecule has 1 fully saturated rings. The average molecular weight is 331 g/mol. The molecule has 20 heavy (non-hydrogen) atoms. The van der Waals surface area contributed by atoms with E-state index in [0.29, 0.717) is 5.92 Å². The van der Waals surface area contributed by atoms with E-state index >= 15 is 0 Å². The standard InChI is InChI=1S/C17H15BrO2/c18-10-11-9-14-12-5-1-3-7-15(12)20-16-8-4-2-6-13(16)17(14)19-11/h1-8,11,14,17H,9-10H2/t11-,14-,17-/m1/s1. The quantitative estimate of drug-likeness (QED) is 0.699. The van der Waals surface area contributed by atoms with Gasteiger partial charge in [-0.05, 0) is 18.6 Å². The maximum absolute atomic E-state index is 6.25. The summed E-state index contributed by atoms with van der Waals surface area (Å²) in [5.41, 5.74) is 2.43. The summed E-state index contributed by atoms with van der Waals surface area (Å²) in [6.07, 6.45) is 1.39. The first-order valence-electron chi connectivity index (χ1n) is 6.94. The summed E-state index contributed by atoms with van der Waals surface area (Å²) in [6, 6.07) is 16.5. The Morgan fingerprint density at radius 2 is 1.60 bits per heavy atom. The Morgan fingerprint density at radius 3 is 2.35 bits per heavy atom. The van der Waals surface area contributed by atoms with E-state index in [-0.39, 0.29) is 12.2 Å². The van der Waals surface area contributed by atoms with E-state index in [9.17, 15) is 0 Å². The molecule has 0 saturated carbocycles. The first-order valence-corrected chi connectivity index (χ1v) is 8.06. The Morgan fingerprint density at radius 1 is 0.950 bits per heavy atom. The number of fused-ring (bicyclic) bond motifs is 5. The van der Waals surface area contributed by atoms with Crippen molar-refractivity contribution in [1.82, 2.24) is 0 Å². The van der Waals surface area contributed by atoms with Gasteiger partial charge < -0.3 is 9.47 Å². The van der Waals surface area contributed by atoms with E-state index in [0.717, 1.165) is 28.8 Å². The molecule has 0 unspecified atom stereocenters. The van der Waals surface area contributed by atoms with Gasteiger partial charge in [0.2, 0.25) is 0 Å². The van der Waals surface area contributed by atoms with Crippen molar-refractivity contribution < 1.29 is 9.47 Å². The van der Waals surface area contributed by atoms with Crippen LogP contribution in [0.5, 0.6) is 11.5 Å². The molecule has 4 rings (SSSR count). The molecule has 0 aliphatic carbocycles. The number of benzene rings is 2. The number of rotatable bonds is 1. The van der Waals surface area contributed by atoms with Crippen LogP contribution in [0, 0.1) is 0 Å². The van der Waals surface area contributed by atoms with Crippen LogP contribution >= 0.6 is 15.9 Å². The highest BCUT2D eigenvalue weighted by Gasteiger charge is 2.41. The van der Waals surface area contributed by atoms with Gasteiger partial charge in [-0.15, -0.1) is 0 Å². The molecule has 0 bridgehead atoms. The molecule has 3 atom stereocenters. The molecule has 0 aromatic heterocycles. The van der Waals surface area contributed by atoms with Crippen molar-refractivity contribution in [3.8, 4) is 11.5 Å². The molecule has 1 saturated heterocycles. The minimum atomic E-state index is 0.0948. The van der Waals surface area contributed by atoms with Crippen molar-refractivity contribution in [1.29, 1.82) is 0 Å². The monoisotopic (exact) mass is 330 g/mol. The molecule has 102 valence electrons. The third kappa shape index (κ3) is 1.88. The van der Waals surface area contributed by atoms with Gasteiger partial charge in [-0.1, -0.05) is 52.3 Å². The van der Waals surface area contributed by atoms with Gasteiger partial charge in [0, 0.05) is 22.4 Å².